The Morgan fingerprint density at radius 3 is 2.65 bits per heavy atom. The maximum Gasteiger partial charge on any atom is 0.264 e. The third kappa shape index (κ3) is 4.74. The Balaban J connectivity index is 1.46. The minimum atomic E-state index is -0.324. The number of carbonyl (C=O) groups excluding carboxylic acids is 1. The molecule has 1 N–H and O–H groups in total. The molecule has 2 aromatic heterocycles. The van der Waals surface area contributed by atoms with Crippen LogP contribution in [-0.4, -0.2) is 31.8 Å². The van der Waals surface area contributed by atoms with E-state index in [2.05, 4.69) is 15.4 Å². The van der Waals surface area contributed by atoms with E-state index >= 15 is 0 Å². The predicted molar refractivity (Wildman–Crippen MR) is 121 cm³/mol. The third-order valence-corrected chi connectivity index (χ3v) is 5.43. The van der Waals surface area contributed by atoms with E-state index < -0.39 is 0 Å². The lowest BCUT2D eigenvalue weighted by Gasteiger charge is -2.08. The number of halogens is 3. The summed E-state index contributed by atoms with van der Waals surface area (Å²) in [6.45, 7) is 0.971. The van der Waals surface area contributed by atoms with Crippen LogP contribution >= 0.6 is 34.8 Å². The Hall–Kier alpha value is -2.87. The molecular formula is C21H16Cl3N5O2. The fourth-order valence-corrected chi connectivity index (χ4v) is 3.86. The van der Waals surface area contributed by atoms with Crippen molar-refractivity contribution in [3.8, 4) is 0 Å². The van der Waals surface area contributed by atoms with Crippen molar-refractivity contribution in [2.45, 2.75) is 13.1 Å². The number of hydrogen-bond donors (Lipinski definition) is 1. The zero-order chi connectivity index (χ0) is 22.0. The molecule has 2 aromatic carbocycles. The van der Waals surface area contributed by atoms with Crippen molar-refractivity contribution >= 4 is 51.7 Å². The van der Waals surface area contributed by atoms with Crippen LogP contribution in [-0.2, 0) is 13.1 Å². The molecule has 4 aromatic rings. The average molecular weight is 477 g/mol. The van der Waals surface area contributed by atoms with E-state index in [1.54, 1.807) is 28.9 Å². The van der Waals surface area contributed by atoms with Crippen LogP contribution in [0.4, 0.5) is 0 Å². The van der Waals surface area contributed by atoms with Gasteiger partial charge in [-0.25, -0.2) is 9.67 Å². The van der Waals surface area contributed by atoms with E-state index in [9.17, 15) is 9.59 Å². The van der Waals surface area contributed by atoms with Crippen LogP contribution in [0.25, 0.3) is 11.0 Å². The molecule has 0 aliphatic rings. The summed E-state index contributed by atoms with van der Waals surface area (Å²) in [5, 5.41) is 8.75. The highest BCUT2D eigenvalue weighted by atomic mass is 35.5. The van der Waals surface area contributed by atoms with Gasteiger partial charge in [0.15, 0.2) is 5.65 Å². The summed E-state index contributed by atoms with van der Waals surface area (Å²) in [6.07, 6.45) is 2.97. The second-order valence-corrected chi connectivity index (χ2v) is 8.07. The van der Waals surface area contributed by atoms with Crippen LogP contribution in [0.1, 0.15) is 15.9 Å². The van der Waals surface area contributed by atoms with E-state index in [1.807, 2.05) is 12.1 Å². The molecule has 158 valence electrons. The fourth-order valence-electron chi connectivity index (χ4n) is 3.15. The van der Waals surface area contributed by atoms with Gasteiger partial charge in [0.1, 0.15) is 11.7 Å². The van der Waals surface area contributed by atoms with Gasteiger partial charge in [-0.2, -0.15) is 5.10 Å². The summed E-state index contributed by atoms with van der Waals surface area (Å²) in [6, 6.07) is 12.0. The normalized spacial score (nSPS) is 11.1. The molecule has 0 saturated heterocycles. The first kappa shape index (κ1) is 21.4. The van der Waals surface area contributed by atoms with Crippen LogP contribution in [0.2, 0.25) is 15.1 Å². The number of nitrogens with one attached hydrogen (secondary N) is 1. The lowest BCUT2D eigenvalue weighted by molar-refractivity contribution is 0.0952. The van der Waals surface area contributed by atoms with Crippen LogP contribution < -0.4 is 10.9 Å². The highest BCUT2D eigenvalue weighted by Gasteiger charge is 2.13. The largest absolute Gasteiger partial charge is 0.350 e. The number of nitrogens with zero attached hydrogens (tertiary/aromatic N) is 4. The zero-order valence-corrected chi connectivity index (χ0v) is 18.3. The first-order valence-corrected chi connectivity index (χ1v) is 10.4. The zero-order valence-electron chi connectivity index (χ0n) is 16.1. The first-order valence-electron chi connectivity index (χ1n) is 9.31. The lowest BCUT2D eigenvalue weighted by atomic mass is 10.2. The lowest BCUT2D eigenvalue weighted by Crippen LogP contribution is -2.28. The van der Waals surface area contributed by atoms with Crippen LogP contribution in [0, 0.1) is 0 Å². The summed E-state index contributed by atoms with van der Waals surface area (Å²) in [5.41, 5.74) is 1.48. The molecule has 0 saturated carbocycles. The average Bonchev–Trinajstić information content (AvgIpc) is 3.14. The number of benzene rings is 2. The topological polar surface area (TPSA) is 81.8 Å². The summed E-state index contributed by atoms with van der Waals surface area (Å²) in [4.78, 5) is 29.5. The molecule has 2 heterocycles. The maximum atomic E-state index is 12.8. The highest BCUT2D eigenvalue weighted by molar-refractivity contribution is 6.36. The maximum absolute atomic E-state index is 12.8. The number of amides is 1. The molecule has 0 bridgehead atoms. The monoisotopic (exact) mass is 475 g/mol. The molecule has 0 radical (unpaired) electrons. The standard InChI is InChI=1S/C21H16Cl3N5O2/c22-14-3-1-2-13(8-14)11-28-12-26-19-17(21(28)31)10-27-29(19)7-6-25-20(30)16-5-4-15(23)9-18(16)24/h1-5,8-10,12H,6-7,11H2,(H,25,30). The van der Waals surface area contributed by atoms with Gasteiger partial charge in [-0.3, -0.25) is 14.2 Å². The first-order chi connectivity index (χ1) is 14.9. The van der Waals surface area contributed by atoms with Crippen molar-refractivity contribution in [2.24, 2.45) is 0 Å². The minimum absolute atomic E-state index is 0.201. The van der Waals surface area contributed by atoms with Gasteiger partial charge in [0, 0.05) is 16.6 Å². The minimum Gasteiger partial charge on any atom is -0.350 e. The Morgan fingerprint density at radius 1 is 1.06 bits per heavy atom. The molecule has 0 aliphatic heterocycles. The van der Waals surface area contributed by atoms with Crippen LogP contribution in [0.5, 0.6) is 0 Å². The van der Waals surface area contributed by atoms with Crippen molar-refractivity contribution in [1.82, 2.24) is 24.6 Å². The number of rotatable bonds is 6. The van der Waals surface area contributed by atoms with Gasteiger partial charge < -0.3 is 5.32 Å². The number of aromatic nitrogens is 4. The van der Waals surface area contributed by atoms with Crippen molar-refractivity contribution in [2.75, 3.05) is 6.54 Å². The van der Waals surface area contributed by atoms with E-state index in [1.165, 1.54) is 23.2 Å². The molecule has 0 aliphatic carbocycles. The summed E-state index contributed by atoms with van der Waals surface area (Å²) in [7, 11) is 0. The number of fused-ring (bicyclic) bond motifs is 1. The van der Waals surface area contributed by atoms with Gasteiger partial charge in [0.25, 0.3) is 11.5 Å². The van der Waals surface area contributed by atoms with Crippen molar-refractivity contribution in [3.05, 3.63) is 91.5 Å². The van der Waals surface area contributed by atoms with Gasteiger partial charge >= 0.3 is 0 Å². The van der Waals surface area contributed by atoms with Crippen LogP contribution in [0.3, 0.4) is 0 Å². The number of carbonyl (C=O) groups is 1. The Kier molecular flexibility index (Phi) is 6.27. The van der Waals surface area contributed by atoms with Crippen LogP contribution in [0.15, 0.2) is 59.8 Å². The molecule has 1 amide bonds. The molecule has 4 rings (SSSR count). The van der Waals surface area contributed by atoms with E-state index in [4.69, 9.17) is 34.8 Å². The Morgan fingerprint density at radius 2 is 1.87 bits per heavy atom. The number of hydrogen-bond acceptors (Lipinski definition) is 4. The van der Waals surface area contributed by atoms with Gasteiger partial charge in [-0.05, 0) is 35.9 Å². The summed E-state index contributed by atoms with van der Waals surface area (Å²) in [5.74, 6) is -0.324. The Bertz CT molecular complexity index is 1330. The quantitative estimate of drug-likeness (QED) is 0.455. The summed E-state index contributed by atoms with van der Waals surface area (Å²) >= 11 is 17.9. The molecule has 7 nitrogen and oxygen atoms in total. The molecule has 10 heteroatoms. The second-order valence-electron chi connectivity index (χ2n) is 6.79. The van der Waals surface area contributed by atoms with Gasteiger partial charge in [0.05, 0.1) is 29.9 Å². The second kappa shape index (κ2) is 9.09. The van der Waals surface area contributed by atoms with Crippen molar-refractivity contribution in [1.29, 1.82) is 0 Å². The molecular weight excluding hydrogens is 461 g/mol. The predicted octanol–water partition coefficient (Wildman–Crippen LogP) is 4.03. The third-order valence-electron chi connectivity index (χ3n) is 4.65. The molecule has 0 unspecified atom stereocenters. The SMILES string of the molecule is O=C(NCCn1ncc2c(=O)n(Cc3cccc(Cl)c3)cnc21)c1ccc(Cl)cc1Cl. The smallest absolute Gasteiger partial charge is 0.264 e. The van der Waals surface area contributed by atoms with E-state index in [0.717, 1.165) is 5.56 Å². The van der Waals surface area contributed by atoms with Gasteiger partial charge in [-0.15, -0.1) is 0 Å². The van der Waals surface area contributed by atoms with Crippen molar-refractivity contribution in [3.63, 3.8) is 0 Å². The Labute approximate surface area is 192 Å². The molecule has 31 heavy (non-hydrogen) atoms. The van der Waals surface area contributed by atoms with E-state index in [0.29, 0.717) is 39.7 Å². The van der Waals surface area contributed by atoms with Gasteiger partial charge in [0.2, 0.25) is 0 Å². The molecule has 0 spiro atoms. The summed E-state index contributed by atoms with van der Waals surface area (Å²) < 4.78 is 3.08. The fraction of sp³-hybridized carbons (Fsp3) is 0.143. The highest BCUT2D eigenvalue weighted by Crippen LogP contribution is 2.20. The van der Waals surface area contributed by atoms with E-state index in [-0.39, 0.29) is 23.0 Å². The van der Waals surface area contributed by atoms with Gasteiger partial charge in [-0.1, -0.05) is 46.9 Å². The van der Waals surface area contributed by atoms with Crippen molar-refractivity contribution < 1.29 is 4.79 Å². The molecule has 0 atom stereocenters. The molecule has 0 fully saturated rings.